The third-order valence-corrected chi connectivity index (χ3v) is 2.99. The molecule has 1 amide bonds. The molecule has 0 heterocycles. The first-order valence-electron chi connectivity index (χ1n) is 6.41. The molecule has 0 aromatic heterocycles. The fourth-order valence-electron chi connectivity index (χ4n) is 1.57. The smallest absolute Gasteiger partial charge is 0.277 e. The first kappa shape index (κ1) is 15.1. The van der Waals surface area contributed by atoms with Crippen LogP contribution in [0.2, 0.25) is 5.02 Å². The number of hydrazone groups is 1. The van der Waals surface area contributed by atoms with E-state index in [4.69, 9.17) is 16.3 Å². The molecular weight excluding hydrogens is 288 g/mol. The molecule has 2 aromatic rings. The van der Waals surface area contributed by atoms with Crippen molar-refractivity contribution in [1.29, 1.82) is 0 Å². The maximum Gasteiger partial charge on any atom is 0.277 e. The Kier molecular flexibility index (Phi) is 5.35. The number of halogens is 1. The molecule has 0 fully saturated rings. The molecule has 0 aliphatic carbocycles. The Labute approximate surface area is 128 Å². The first-order chi connectivity index (χ1) is 10.1. The fourth-order valence-corrected chi connectivity index (χ4v) is 1.76. The number of carbonyl (C=O) groups excluding carboxylic acids is 1. The van der Waals surface area contributed by atoms with Gasteiger partial charge in [-0.3, -0.25) is 4.79 Å². The lowest BCUT2D eigenvalue weighted by Gasteiger charge is -2.06. The summed E-state index contributed by atoms with van der Waals surface area (Å²) in [6.45, 7) is 1.86. The summed E-state index contributed by atoms with van der Waals surface area (Å²) in [6, 6.07) is 14.8. The minimum Gasteiger partial charge on any atom is -0.482 e. The summed E-state index contributed by atoms with van der Waals surface area (Å²) in [7, 11) is 0. The number of aryl methyl sites for hydroxylation is 1. The highest BCUT2D eigenvalue weighted by atomic mass is 35.5. The molecule has 21 heavy (non-hydrogen) atoms. The zero-order valence-electron chi connectivity index (χ0n) is 11.5. The second kappa shape index (κ2) is 7.45. The second-order valence-corrected chi connectivity index (χ2v) is 4.83. The topological polar surface area (TPSA) is 50.7 Å². The maximum atomic E-state index is 11.6. The molecule has 5 heteroatoms. The Morgan fingerprint density at radius 2 is 1.95 bits per heavy atom. The van der Waals surface area contributed by atoms with Crippen LogP contribution in [-0.2, 0) is 4.79 Å². The van der Waals surface area contributed by atoms with Gasteiger partial charge < -0.3 is 4.74 Å². The second-order valence-electron chi connectivity index (χ2n) is 4.42. The standard InChI is InChI=1S/C16H15ClN2O2/c1-12-6-8-13(9-7-12)10-18-19-16(20)11-21-15-5-3-2-4-14(15)17/h2-10H,11H2,1H3,(H,19,20)/b18-10+. The van der Waals surface area contributed by atoms with Gasteiger partial charge in [-0.15, -0.1) is 0 Å². The molecule has 0 bridgehead atoms. The van der Waals surface area contributed by atoms with Gasteiger partial charge in [-0.05, 0) is 24.6 Å². The molecule has 0 spiro atoms. The molecule has 1 N–H and O–H groups in total. The molecule has 108 valence electrons. The van der Waals surface area contributed by atoms with Crippen LogP contribution in [-0.4, -0.2) is 18.7 Å². The zero-order valence-corrected chi connectivity index (χ0v) is 12.3. The van der Waals surface area contributed by atoms with Crippen molar-refractivity contribution in [2.45, 2.75) is 6.92 Å². The third-order valence-electron chi connectivity index (χ3n) is 2.68. The number of nitrogens with one attached hydrogen (secondary N) is 1. The van der Waals surface area contributed by atoms with E-state index in [1.165, 1.54) is 5.56 Å². The van der Waals surface area contributed by atoms with Crippen molar-refractivity contribution >= 4 is 23.7 Å². The number of para-hydroxylation sites is 1. The Morgan fingerprint density at radius 3 is 2.67 bits per heavy atom. The van der Waals surface area contributed by atoms with Crippen molar-refractivity contribution in [2.75, 3.05) is 6.61 Å². The quantitative estimate of drug-likeness (QED) is 0.681. The summed E-state index contributed by atoms with van der Waals surface area (Å²) in [5.41, 5.74) is 4.48. The van der Waals surface area contributed by atoms with E-state index in [9.17, 15) is 4.79 Å². The van der Waals surface area contributed by atoms with Gasteiger partial charge in [-0.2, -0.15) is 5.10 Å². The van der Waals surface area contributed by atoms with Gasteiger partial charge >= 0.3 is 0 Å². The lowest BCUT2D eigenvalue weighted by Crippen LogP contribution is -2.24. The van der Waals surface area contributed by atoms with Gasteiger partial charge in [0.2, 0.25) is 0 Å². The summed E-state index contributed by atoms with van der Waals surface area (Å²) < 4.78 is 5.30. The van der Waals surface area contributed by atoms with Gasteiger partial charge in [-0.1, -0.05) is 53.6 Å². The Balaban J connectivity index is 1.80. The summed E-state index contributed by atoms with van der Waals surface area (Å²) in [5.74, 6) is 0.120. The van der Waals surface area contributed by atoms with Crippen LogP contribution < -0.4 is 10.2 Å². The van der Waals surface area contributed by atoms with E-state index >= 15 is 0 Å². The SMILES string of the molecule is Cc1ccc(/C=N/NC(=O)COc2ccccc2Cl)cc1. The number of hydrogen-bond donors (Lipinski definition) is 1. The third kappa shape index (κ3) is 4.93. The monoisotopic (exact) mass is 302 g/mol. The highest BCUT2D eigenvalue weighted by molar-refractivity contribution is 6.32. The fraction of sp³-hybridized carbons (Fsp3) is 0.125. The lowest BCUT2D eigenvalue weighted by molar-refractivity contribution is -0.123. The molecule has 0 radical (unpaired) electrons. The van der Waals surface area contributed by atoms with Crippen LogP contribution in [0.15, 0.2) is 53.6 Å². The van der Waals surface area contributed by atoms with Gasteiger partial charge in [0.25, 0.3) is 5.91 Å². The van der Waals surface area contributed by atoms with E-state index < -0.39 is 0 Å². The van der Waals surface area contributed by atoms with E-state index in [0.717, 1.165) is 5.56 Å². The van der Waals surface area contributed by atoms with E-state index in [1.54, 1.807) is 30.5 Å². The van der Waals surface area contributed by atoms with Gasteiger partial charge in [0.05, 0.1) is 11.2 Å². The number of hydrogen-bond acceptors (Lipinski definition) is 3. The Bertz CT molecular complexity index is 639. The first-order valence-corrected chi connectivity index (χ1v) is 6.79. The van der Waals surface area contributed by atoms with Crippen LogP contribution in [0.4, 0.5) is 0 Å². The molecule has 2 rings (SSSR count). The van der Waals surface area contributed by atoms with Crippen LogP contribution in [0.1, 0.15) is 11.1 Å². The average molecular weight is 303 g/mol. The minimum absolute atomic E-state index is 0.144. The highest BCUT2D eigenvalue weighted by Crippen LogP contribution is 2.22. The van der Waals surface area contributed by atoms with Gasteiger partial charge in [-0.25, -0.2) is 5.43 Å². The van der Waals surface area contributed by atoms with Crippen molar-refractivity contribution < 1.29 is 9.53 Å². The van der Waals surface area contributed by atoms with Crippen LogP contribution >= 0.6 is 11.6 Å². The zero-order chi connectivity index (χ0) is 15.1. The molecule has 0 unspecified atom stereocenters. The van der Waals surface area contributed by atoms with Crippen LogP contribution in [0, 0.1) is 6.92 Å². The molecular formula is C16H15ClN2O2. The van der Waals surface area contributed by atoms with Crippen LogP contribution in [0.25, 0.3) is 0 Å². The van der Waals surface area contributed by atoms with Crippen molar-refractivity contribution in [3.05, 3.63) is 64.7 Å². The number of carbonyl (C=O) groups is 1. The van der Waals surface area contributed by atoms with Crippen molar-refractivity contribution in [1.82, 2.24) is 5.43 Å². The Morgan fingerprint density at radius 1 is 1.24 bits per heavy atom. The molecule has 4 nitrogen and oxygen atoms in total. The lowest BCUT2D eigenvalue weighted by atomic mass is 10.2. The Hall–Kier alpha value is -2.33. The predicted molar refractivity (Wildman–Crippen MR) is 83.9 cm³/mol. The molecule has 0 saturated carbocycles. The van der Waals surface area contributed by atoms with Crippen molar-refractivity contribution in [2.24, 2.45) is 5.10 Å². The molecule has 2 aromatic carbocycles. The highest BCUT2D eigenvalue weighted by Gasteiger charge is 2.03. The normalized spacial score (nSPS) is 10.6. The van der Waals surface area contributed by atoms with Crippen LogP contribution in [0.5, 0.6) is 5.75 Å². The molecule has 0 aliphatic rings. The number of rotatable bonds is 5. The number of benzene rings is 2. The maximum absolute atomic E-state index is 11.6. The predicted octanol–water partition coefficient (Wildman–Crippen LogP) is 3.18. The van der Waals surface area contributed by atoms with E-state index in [-0.39, 0.29) is 12.5 Å². The average Bonchev–Trinajstić information content (AvgIpc) is 2.48. The molecule has 0 aliphatic heterocycles. The van der Waals surface area contributed by atoms with Crippen molar-refractivity contribution in [3.63, 3.8) is 0 Å². The van der Waals surface area contributed by atoms with E-state index in [0.29, 0.717) is 10.8 Å². The van der Waals surface area contributed by atoms with Gasteiger partial charge in [0.15, 0.2) is 6.61 Å². The summed E-state index contributed by atoms with van der Waals surface area (Å²) in [4.78, 5) is 11.6. The number of nitrogens with zero attached hydrogens (tertiary/aromatic N) is 1. The number of amides is 1. The minimum atomic E-state index is -0.349. The van der Waals surface area contributed by atoms with E-state index in [1.807, 2.05) is 31.2 Å². The molecule has 0 saturated heterocycles. The van der Waals surface area contributed by atoms with Crippen LogP contribution in [0.3, 0.4) is 0 Å². The van der Waals surface area contributed by atoms with Crippen molar-refractivity contribution in [3.8, 4) is 5.75 Å². The summed E-state index contributed by atoms with van der Waals surface area (Å²) >= 11 is 5.92. The summed E-state index contributed by atoms with van der Waals surface area (Å²) in [6.07, 6.45) is 1.58. The number of ether oxygens (including phenoxy) is 1. The van der Waals surface area contributed by atoms with Gasteiger partial charge in [0, 0.05) is 0 Å². The summed E-state index contributed by atoms with van der Waals surface area (Å²) in [5, 5.41) is 4.33. The van der Waals surface area contributed by atoms with E-state index in [2.05, 4.69) is 10.5 Å². The largest absolute Gasteiger partial charge is 0.482 e. The van der Waals surface area contributed by atoms with Gasteiger partial charge in [0.1, 0.15) is 5.75 Å². The molecule has 0 atom stereocenters.